The lowest BCUT2D eigenvalue weighted by atomic mass is 9.88. The lowest BCUT2D eigenvalue weighted by Gasteiger charge is -2.23. The molecule has 4 nitrogen and oxygen atoms in total. The van der Waals surface area contributed by atoms with E-state index in [0.717, 1.165) is 12.8 Å². The fourth-order valence-electron chi connectivity index (χ4n) is 1.16. The third-order valence-corrected chi connectivity index (χ3v) is 1.85. The first-order valence-electron chi connectivity index (χ1n) is 4.40. The Kier molecular flexibility index (Phi) is 4.45. The Bertz CT molecular complexity index is 199. The van der Waals surface area contributed by atoms with Gasteiger partial charge in [-0.2, -0.15) is 0 Å². The molecule has 0 fully saturated rings. The maximum Gasteiger partial charge on any atom is 0.394 e. The lowest BCUT2D eigenvalue weighted by molar-refractivity contribution is -0.150. The molecule has 0 rings (SSSR count). The van der Waals surface area contributed by atoms with Crippen LogP contribution in [0.5, 0.6) is 0 Å². The van der Waals surface area contributed by atoms with E-state index in [1.807, 2.05) is 13.8 Å². The molecule has 0 aromatic heterocycles. The molecule has 2 N–H and O–H groups in total. The summed E-state index contributed by atoms with van der Waals surface area (Å²) in [5.74, 6) is -2.35. The van der Waals surface area contributed by atoms with Crippen molar-refractivity contribution in [1.29, 1.82) is 0 Å². The molecule has 0 unspecified atom stereocenters. The van der Waals surface area contributed by atoms with Crippen molar-refractivity contribution in [3.05, 3.63) is 0 Å². The first-order chi connectivity index (χ1) is 5.89. The number of rotatable bonds is 4. The van der Waals surface area contributed by atoms with Gasteiger partial charge in [0.1, 0.15) is 0 Å². The Labute approximate surface area is 78.3 Å². The minimum Gasteiger partial charge on any atom is -0.474 e. The van der Waals surface area contributed by atoms with E-state index in [1.54, 1.807) is 0 Å². The van der Waals surface area contributed by atoms with Gasteiger partial charge in [0.2, 0.25) is 0 Å². The molecule has 0 aliphatic carbocycles. The zero-order chi connectivity index (χ0) is 10.5. The van der Waals surface area contributed by atoms with Crippen molar-refractivity contribution in [1.82, 2.24) is 5.32 Å². The van der Waals surface area contributed by atoms with Gasteiger partial charge in [-0.1, -0.05) is 27.2 Å². The predicted octanol–water partition coefficient (Wildman–Crippen LogP) is 1.01. The monoisotopic (exact) mass is 187 g/mol. The molecule has 4 heteroatoms. The second-order valence-electron chi connectivity index (χ2n) is 3.90. The highest BCUT2D eigenvalue weighted by Crippen LogP contribution is 2.20. The van der Waals surface area contributed by atoms with Crippen LogP contribution in [0.2, 0.25) is 0 Å². The van der Waals surface area contributed by atoms with E-state index in [2.05, 4.69) is 12.2 Å². The van der Waals surface area contributed by atoms with Crippen molar-refractivity contribution in [3.63, 3.8) is 0 Å². The quantitative estimate of drug-likeness (QED) is 0.645. The van der Waals surface area contributed by atoms with Gasteiger partial charge in [0.15, 0.2) is 0 Å². The Morgan fingerprint density at radius 2 is 1.92 bits per heavy atom. The van der Waals surface area contributed by atoms with Crippen LogP contribution in [0.15, 0.2) is 0 Å². The molecule has 0 atom stereocenters. The molecule has 0 aliphatic heterocycles. The number of carboxylic acid groups (broad SMARTS) is 1. The summed E-state index contributed by atoms with van der Waals surface area (Å²) >= 11 is 0. The Morgan fingerprint density at radius 3 is 2.31 bits per heavy atom. The number of aliphatic carboxylic acids is 1. The minimum absolute atomic E-state index is 0.0279. The van der Waals surface area contributed by atoms with Crippen LogP contribution in [-0.4, -0.2) is 23.5 Å². The van der Waals surface area contributed by atoms with Gasteiger partial charge in [-0.25, -0.2) is 4.79 Å². The average Bonchev–Trinajstić information content (AvgIpc) is 2.00. The van der Waals surface area contributed by atoms with Gasteiger partial charge in [-0.05, 0) is 11.8 Å². The van der Waals surface area contributed by atoms with Crippen LogP contribution >= 0.6 is 0 Å². The van der Waals surface area contributed by atoms with Crippen LogP contribution in [-0.2, 0) is 9.59 Å². The largest absolute Gasteiger partial charge is 0.474 e. The van der Waals surface area contributed by atoms with Gasteiger partial charge < -0.3 is 10.4 Å². The van der Waals surface area contributed by atoms with Crippen molar-refractivity contribution in [2.24, 2.45) is 5.41 Å². The summed E-state index contributed by atoms with van der Waals surface area (Å²) in [5.41, 5.74) is -0.0279. The smallest absolute Gasteiger partial charge is 0.394 e. The standard InChI is InChI=1S/C9H17NO3/c1-4-5-9(2,3)6-10-7(11)8(12)13/h4-6H2,1-3H3,(H,10,11)(H,12,13). The molecule has 13 heavy (non-hydrogen) atoms. The van der Waals surface area contributed by atoms with Crippen LogP contribution in [0.3, 0.4) is 0 Å². The number of carbonyl (C=O) groups is 2. The van der Waals surface area contributed by atoms with Crippen LogP contribution in [0.4, 0.5) is 0 Å². The Hall–Kier alpha value is -1.06. The highest BCUT2D eigenvalue weighted by Gasteiger charge is 2.19. The van der Waals surface area contributed by atoms with Crippen molar-refractivity contribution < 1.29 is 14.7 Å². The number of carboxylic acids is 1. The van der Waals surface area contributed by atoms with Gasteiger partial charge in [-0.15, -0.1) is 0 Å². The fraction of sp³-hybridized carbons (Fsp3) is 0.778. The van der Waals surface area contributed by atoms with Gasteiger partial charge in [0, 0.05) is 6.54 Å². The average molecular weight is 187 g/mol. The Morgan fingerprint density at radius 1 is 1.38 bits per heavy atom. The second-order valence-corrected chi connectivity index (χ2v) is 3.90. The molecule has 1 amide bonds. The molecular weight excluding hydrogens is 170 g/mol. The van der Waals surface area contributed by atoms with Crippen molar-refractivity contribution in [2.75, 3.05) is 6.54 Å². The number of hydrogen-bond donors (Lipinski definition) is 2. The Balaban J connectivity index is 3.87. The fourth-order valence-corrected chi connectivity index (χ4v) is 1.16. The molecule has 0 aromatic carbocycles. The molecule has 0 aromatic rings. The van der Waals surface area contributed by atoms with E-state index < -0.39 is 11.9 Å². The van der Waals surface area contributed by atoms with E-state index >= 15 is 0 Å². The summed E-state index contributed by atoms with van der Waals surface area (Å²) in [4.78, 5) is 20.8. The van der Waals surface area contributed by atoms with Gasteiger partial charge in [0.05, 0.1) is 0 Å². The van der Waals surface area contributed by atoms with Crippen LogP contribution in [0.1, 0.15) is 33.6 Å². The van der Waals surface area contributed by atoms with Gasteiger partial charge in [0.25, 0.3) is 0 Å². The molecule has 0 saturated heterocycles. The molecular formula is C9H17NO3. The highest BCUT2D eigenvalue weighted by atomic mass is 16.4. The van der Waals surface area contributed by atoms with Gasteiger partial charge in [-0.3, -0.25) is 4.79 Å². The first-order valence-corrected chi connectivity index (χ1v) is 4.40. The summed E-state index contributed by atoms with van der Waals surface area (Å²) < 4.78 is 0. The summed E-state index contributed by atoms with van der Waals surface area (Å²) in [6.45, 7) is 6.46. The molecule has 0 radical (unpaired) electrons. The van der Waals surface area contributed by atoms with Crippen LogP contribution in [0, 0.1) is 5.41 Å². The van der Waals surface area contributed by atoms with E-state index in [-0.39, 0.29) is 5.41 Å². The van der Waals surface area contributed by atoms with Crippen LogP contribution in [0.25, 0.3) is 0 Å². The van der Waals surface area contributed by atoms with Crippen molar-refractivity contribution in [3.8, 4) is 0 Å². The van der Waals surface area contributed by atoms with E-state index in [9.17, 15) is 9.59 Å². The molecule has 76 valence electrons. The predicted molar refractivity (Wildman–Crippen MR) is 49.3 cm³/mol. The summed E-state index contributed by atoms with van der Waals surface area (Å²) in [5, 5.41) is 10.7. The maximum absolute atomic E-state index is 10.7. The third-order valence-electron chi connectivity index (χ3n) is 1.85. The van der Waals surface area contributed by atoms with E-state index in [4.69, 9.17) is 5.11 Å². The SMILES string of the molecule is CCCC(C)(C)CNC(=O)C(=O)O. The number of nitrogens with one attached hydrogen (secondary N) is 1. The topological polar surface area (TPSA) is 66.4 Å². The number of hydrogen-bond acceptors (Lipinski definition) is 2. The minimum atomic E-state index is -1.42. The van der Waals surface area contributed by atoms with Crippen molar-refractivity contribution >= 4 is 11.9 Å². The molecule has 0 saturated carbocycles. The number of amides is 1. The number of carbonyl (C=O) groups excluding carboxylic acids is 1. The molecule has 0 aliphatic rings. The summed E-state index contributed by atoms with van der Waals surface area (Å²) in [7, 11) is 0. The summed E-state index contributed by atoms with van der Waals surface area (Å²) in [6.07, 6.45) is 1.99. The van der Waals surface area contributed by atoms with Crippen LogP contribution < -0.4 is 5.32 Å². The summed E-state index contributed by atoms with van der Waals surface area (Å²) in [6, 6.07) is 0. The van der Waals surface area contributed by atoms with Crippen molar-refractivity contribution in [2.45, 2.75) is 33.6 Å². The molecule has 0 spiro atoms. The normalized spacial score (nSPS) is 11.0. The zero-order valence-electron chi connectivity index (χ0n) is 8.39. The molecule has 0 bridgehead atoms. The maximum atomic E-state index is 10.7. The van der Waals surface area contributed by atoms with Gasteiger partial charge >= 0.3 is 11.9 Å². The van der Waals surface area contributed by atoms with E-state index in [1.165, 1.54) is 0 Å². The van der Waals surface area contributed by atoms with E-state index in [0.29, 0.717) is 6.54 Å². The molecule has 0 heterocycles. The second kappa shape index (κ2) is 4.84. The lowest BCUT2D eigenvalue weighted by Crippen LogP contribution is -2.37. The highest BCUT2D eigenvalue weighted by molar-refractivity contribution is 6.31. The zero-order valence-corrected chi connectivity index (χ0v) is 8.39. The third kappa shape index (κ3) is 5.22. The first kappa shape index (κ1) is 11.9.